The molecule has 0 saturated carbocycles. The molecule has 2 unspecified atom stereocenters. The normalized spacial score (nSPS) is 23.9. The summed E-state index contributed by atoms with van der Waals surface area (Å²) in [6.45, 7) is 3.01. The van der Waals surface area contributed by atoms with Crippen molar-refractivity contribution in [2.24, 2.45) is 0 Å². The number of ketones is 1. The van der Waals surface area contributed by atoms with E-state index in [1.807, 2.05) is 0 Å². The van der Waals surface area contributed by atoms with Gasteiger partial charge < -0.3 is 40.6 Å². The first kappa shape index (κ1) is 30.8. The first-order valence-electron chi connectivity index (χ1n) is 11.6. The van der Waals surface area contributed by atoms with Gasteiger partial charge in [-0.15, -0.1) is 0 Å². The number of aliphatic hydroxyl groups excluding tert-OH is 4. The molecular formula is C25H35NO10S. The highest BCUT2D eigenvalue weighted by atomic mass is 32.2. The first-order valence-corrected chi connectivity index (χ1v) is 13.0. The van der Waals surface area contributed by atoms with Crippen molar-refractivity contribution < 1.29 is 47.7 Å². The molecule has 0 bridgehead atoms. The molecule has 11 nitrogen and oxygen atoms in total. The molecule has 1 fully saturated rings. The topological polar surface area (TPSA) is 210 Å². The number of carbonyl (C=O) groups excluding carboxylic acids is 1. The average Bonchev–Trinajstić information content (AvgIpc) is 2.83. The minimum atomic E-state index is -4.66. The number of hydrogen-bond acceptors (Lipinski definition) is 10. The largest absolute Gasteiger partial charge is 0.744 e. The molecule has 0 spiro atoms. The van der Waals surface area contributed by atoms with Crippen LogP contribution in [0.1, 0.15) is 42.9 Å². The number of ether oxygens (including phenoxy) is 2. The van der Waals surface area contributed by atoms with Crippen LogP contribution in [0.15, 0.2) is 47.4 Å². The lowest BCUT2D eigenvalue weighted by Crippen LogP contribution is -2.60. The Morgan fingerprint density at radius 2 is 1.65 bits per heavy atom. The van der Waals surface area contributed by atoms with Gasteiger partial charge in [0.25, 0.3) is 0 Å². The van der Waals surface area contributed by atoms with Crippen LogP contribution in [-0.2, 0) is 32.5 Å². The molecule has 0 amide bonds. The number of rotatable bonds is 10. The minimum Gasteiger partial charge on any atom is -0.744 e. The maximum Gasteiger partial charge on any atom is 0.229 e. The molecule has 1 aliphatic heterocycles. The summed E-state index contributed by atoms with van der Waals surface area (Å²) < 4.78 is 45.8. The van der Waals surface area contributed by atoms with Gasteiger partial charge in [0.05, 0.1) is 11.5 Å². The van der Waals surface area contributed by atoms with Crippen molar-refractivity contribution in [2.75, 3.05) is 6.61 Å². The summed E-state index contributed by atoms with van der Waals surface area (Å²) in [7, 11) is -4.66. The zero-order chi connectivity index (χ0) is 26.6. The maximum atomic E-state index is 12.5. The molecule has 2 aromatic carbocycles. The standard InChI is InChI=1S/C25H32O10S.H3N/c1-14(2)19-10-6-16(12-21(19)36(31,32)33)11-17(27)7-3-15-4-8-18(9-5-15)34-25-24(30)23(29)22(28)20(13-26)35-25;/h4-6,8-10,12,14,20,22-26,28-30H,3,7,11,13H2,1-2H3,(H,31,32,33);1H3/t20?,22-,23-,24?,25+;/m0./s1. The van der Waals surface area contributed by atoms with Gasteiger partial charge in [-0.05, 0) is 47.2 Å². The Hall–Kier alpha value is -2.42. The number of hydrogen-bond donors (Lipinski definition) is 5. The van der Waals surface area contributed by atoms with Crippen molar-refractivity contribution in [2.45, 2.75) is 74.6 Å². The fraction of sp³-hybridized carbons (Fsp3) is 0.480. The van der Waals surface area contributed by atoms with Gasteiger partial charge in [-0.2, -0.15) is 0 Å². The molecule has 206 valence electrons. The molecule has 1 aliphatic rings. The first-order chi connectivity index (χ1) is 16.9. The molecular weight excluding hydrogens is 506 g/mol. The third kappa shape index (κ3) is 7.79. The Morgan fingerprint density at radius 3 is 2.22 bits per heavy atom. The summed E-state index contributed by atoms with van der Waals surface area (Å²) >= 11 is 0. The van der Waals surface area contributed by atoms with Crippen LogP contribution in [0, 0.1) is 0 Å². The van der Waals surface area contributed by atoms with E-state index in [4.69, 9.17) is 9.47 Å². The maximum absolute atomic E-state index is 12.5. The van der Waals surface area contributed by atoms with Crippen LogP contribution in [0.3, 0.4) is 0 Å². The summed E-state index contributed by atoms with van der Waals surface area (Å²) in [5.41, 5.74) is 1.71. The van der Waals surface area contributed by atoms with Gasteiger partial charge in [0, 0.05) is 12.8 Å². The van der Waals surface area contributed by atoms with Gasteiger partial charge in [-0.3, -0.25) is 4.79 Å². The van der Waals surface area contributed by atoms with E-state index in [9.17, 15) is 38.2 Å². The lowest BCUT2D eigenvalue weighted by Gasteiger charge is -2.39. The van der Waals surface area contributed by atoms with Crippen molar-refractivity contribution in [3.63, 3.8) is 0 Å². The van der Waals surface area contributed by atoms with Gasteiger partial charge in [-0.1, -0.05) is 38.1 Å². The molecule has 2 aromatic rings. The Kier molecular flexibility index (Phi) is 10.7. The molecule has 0 aromatic heterocycles. The summed E-state index contributed by atoms with van der Waals surface area (Å²) in [6.07, 6.45) is -6.31. The Bertz CT molecular complexity index is 1150. The molecule has 3 rings (SSSR count). The average molecular weight is 542 g/mol. The summed E-state index contributed by atoms with van der Waals surface area (Å²) in [6, 6.07) is 11.1. The Morgan fingerprint density at radius 1 is 1.03 bits per heavy atom. The smallest absolute Gasteiger partial charge is 0.229 e. The van der Waals surface area contributed by atoms with E-state index < -0.39 is 47.4 Å². The highest BCUT2D eigenvalue weighted by molar-refractivity contribution is 7.85. The van der Waals surface area contributed by atoms with E-state index in [2.05, 4.69) is 0 Å². The van der Waals surface area contributed by atoms with Gasteiger partial charge in [0.15, 0.2) is 0 Å². The van der Waals surface area contributed by atoms with E-state index >= 15 is 0 Å². The number of carbonyl (C=O) groups is 1. The highest BCUT2D eigenvalue weighted by Gasteiger charge is 2.44. The molecule has 1 heterocycles. The SMILES string of the molecule is CC(C)c1ccc(CC(=O)CCc2ccc(O[C@@H]3OC(CO)[C@H](O)[C@H](O)C3O)cc2)cc1S(=O)(=O)[O-].[NH4+]. The number of quaternary nitrogens is 1. The van der Waals surface area contributed by atoms with E-state index in [0.717, 1.165) is 5.56 Å². The predicted molar refractivity (Wildman–Crippen MR) is 132 cm³/mol. The summed E-state index contributed by atoms with van der Waals surface area (Å²) in [4.78, 5) is 12.2. The predicted octanol–water partition coefficient (Wildman–Crippen LogP) is 1.01. The van der Waals surface area contributed by atoms with Crippen molar-refractivity contribution in [3.05, 3.63) is 59.2 Å². The second kappa shape index (κ2) is 12.9. The second-order valence-electron chi connectivity index (χ2n) is 9.16. The zero-order valence-electron chi connectivity index (χ0n) is 21.0. The third-order valence-electron chi connectivity index (χ3n) is 6.09. The van der Waals surface area contributed by atoms with E-state index in [0.29, 0.717) is 23.3 Å². The lowest BCUT2D eigenvalue weighted by atomic mass is 9.98. The van der Waals surface area contributed by atoms with Crippen LogP contribution in [-0.4, -0.2) is 76.5 Å². The molecule has 0 aliphatic carbocycles. The third-order valence-corrected chi connectivity index (χ3v) is 6.98. The van der Waals surface area contributed by atoms with Crippen LogP contribution in [0.5, 0.6) is 5.75 Å². The molecule has 8 N–H and O–H groups in total. The monoisotopic (exact) mass is 541 g/mol. The number of Topliss-reactive ketones (excluding diaryl/α,β-unsaturated/α-hetero) is 1. The lowest BCUT2D eigenvalue weighted by molar-refractivity contribution is -0.277. The number of aryl methyl sites for hydroxylation is 1. The van der Waals surface area contributed by atoms with Crippen molar-refractivity contribution in [3.8, 4) is 5.75 Å². The fourth-order valence-corrected chi connectivity index (χ4v) is 4.90. The fourth-order valence-electron chi connectivity index (χ4n) is 4.02. The molecule has 5 atom stereocenters. The molecule has 0 radical (unpaired) electrons. The molecule has 12 heteroatoms. The van der Waals surface area contributed by atoms with Crippen molar-refractivity contribution in [1.29, 1.82) is 0 Å². The van der Waals surface area contributed by atoms with Crippen LogP contribution < -0.4 is 10.9 Å². The second-order valence-corrected chi connectivity index (χ2v) is 10.5. The quantitative estimate of drug-likeness (QED) is 0.269. The number of aliphatic hydroxyl groups is 4. The summed E-state index contributed by atoms with van der Waals surface area (Å²) in [5, 5.41) is 39.0. The van der Waals surface area contributed by atoms with Crippen molar-refractivity contribution >= 4 is 15.9 Å². The van der Waals surface area contributed by atoms with Gasteiger partial charge >= 0.3 is 0 Å². The van der Waals surface area contributed by atoms with E-state index in [1.54, 1.807) is 50.2 Å². The Labute approximate surface area is 216 Å². The zero-order valence-corrected chi connectivity index (χ0v) is 21.8. The van der Waals surface area contributed by atoms with E-state index in [1.165, 1.54) is 6.07 Å². The molecule has 37 heavy (non-hydrogen) atoms. The summed E-state index contributed by atoms with van der Waals surface area (Å²) in [5.74, 6) is 0.0373. The minimum absolute atomic E-state index is 0. The van der Waals surface area contributed by atoms with Crippen LogP contribution in [0.25, 0.3) is 0 Å². The Balaban J connectivity index is 0.00000481. The molecule has 1 saturated heterocycles. The van der Waals surface area contributed by atoms with E-state index in [-0.39, 0.29) is 35.6 Å². The van der Waals surface area contributed by atoms with Gasteiger partial charge in [0.2, 0.25) is 6.29 Å². The van der Waals surface area contributed by atoms with Gasteiger partial charge in [0.1, 0.15) is 46.1 Å². The van der Waals surface area contributed by atoms with Gasteiger partial charge in [-0.25, -0.2) is 8.42 Å². The van der Waals surface area contributed by atoms with Crippen LogP contribution >= 0.6 is 0 Å². The van der Waals surface area contributed by atoms with Crippen molar-refractivity contribution in [1.82, 2.24) is 6.15 Å². The van der Waals surface area contributed by atoms with Crippen LogP contribution in [0.2, 0.25) is 0 Å². The highest BCUT2D eigenvalue weighted by Crippen LogP contribution is 2.26. The number of benzene rings is 2. The van der Waals surface area contributed by atoms with Crippen LogP contribution in [0.4, 0.5) is 0 Å².